The molecule has 7 heteroatoms. The molecule has 0 radical (unpaired) electrons. The minimum Gasteiger partial charge on any atom is -0.545 e. The van der Waals surface area contributed by atoms with Crippen LogP contribution in [0.2, 0.25) is 0 Å². The Hall–Kier alpha value is -1.37. The van der Waals surface area contributed by atoms with Crippen LogP contribution in [0.1, 0.15) is 84.0 Å². The molecule has 0 aliphatic carbocycles. The van der Waals surface area contributed by atoms with E-state index in [-0.39, 0.29) is 29.6 Å². The number of aliphatic carboxylic acids is 3. The van der Waals surface area contributed by atoms with Gasteiger partial charge in [0.05, 0.1) is 5.97 Å². The van der Waals surface area contributed by atoms with Gasteiger partial charge in [0.15, 0.2) is 0 Å². The first-order valence-electron chi connectivity index (χ1n) is 10.0. The molecule has 29 heavy (non-hydrogen) atoms. The summed E-state index contributed by atoms with van der Waals surface area (Å²) >= 11 is 0. The Morgan fingerprint density at radius 3 is 1.72 bits per heavy atom. The summed E-state index contributed by atoms with van der Waals surface area (Å²) in [5.74, 6) is -3.47. The molecule has 0 atom stereocenters. The summed E-state index contributed by atoms with van der Waals surface area (Å²) in [7, 11) is 0. The first kappa shape index (κ1) is 32.3. The van der Waals surface area contributed by atoms with Gasteiger partial charge in [-0.2, -0.15) is 0 Å². The fourth-order valence-electron chi connectivity index (χ4n) is 2.23. The van der Waals surface area contributed by atoms with Gasteiger partial charge in [-0.25, -0.2) is 4.79 Å². The maximum absolute atomic E-state index is 10.3. The molecule has 160 valence electrons. The molecule has 0 saturated carbocycles. The van der Waals surface area contributed by atoms with Crippen molar-refractivity contribution in [3.63, 3.8) is 0 Å². The Balaban J connectivity index is -0.000000636. The van der Waals surface area contributed by atoms with E-state index in [0.29, 0.717) is 18.6 Å². The molecule has 0 aliphatic rings. The molecular weight excluding hydrogens is 383 g/mol. The molecule has 0 spiro atoms. The molecule has 0 fully saturated rings. The molecule has 0 aromatic carbocycles. The summed E-state index contributed by atoms with van der Waals surface area (Å²) in [5.41, 5.74) is 0. The fraction of sp³-hybridized carbons (Fsp3) is 0.591. The average Bonchev–Trinajstić information content (AvgIpc) is 2.63. The van der Waals surface area contributed by atoms with Gasteiger partial charge in [-0.05, 0) is 44.6 Å². The molecule has 0 bridgehead atoms. The van der Waals surface area contributed by atoms with Crippen molar-refractivity contribution in [1.29, 1.82) is 0 Å². The van der Waals surface area contributed by atoms with Gasteiger partial charge in [-0.1, -0.05) is 63.3 Å². The quantitative estimate of drug-likeness (QED) is 0.169. The molecule has 0 rings (SSSR count). The van der Waals surface area contributed by atoms with E-state index in [1.54, 1.807) is 0 Å². The van der Waals surface area contributed by atoms with Gasteiger partial charge in [0.2, 0.25) is 0 Å². The van der Waals surface area contributed by atoms with Gasteiger partial charge in [0.1, 0.15) is 0 Å². The Morgan fingerprint density at radius 1 is 0.759 bits per heavy atom. The Bertz CT molecular complexity index is 482. The summed E-state index contributed by atoms with van der Waals surface area (Å²) < 4.78 is 0. The van der Waals surface area contributed by atoms with Crippen LogP contribution >= 0.6 is 0 Å². The monoisotopic (exact) mass is 418 g/mol. The third kappa shape index (κ3) is 38.0. The maximum Gasteiger partial charge on any atom is 1.00 e. The van der Waals surface area contributed by atoms with Crippen molar-refractivity contribution >= 4 is 17.9 Å². The van der Waals surface area contributed by atoms with Crippen molar-refractivity contribution in [3.8, 4) is 0 Å². The van der Waals surface area contributed by atoms with E-state index in [2.05, 4.69) is 31.2 Å². The predicted octanol–water partition coefficient (Wildman–Crippen LogP) is 1.27. The second-order valence-corrected chi connectivity index (χ2v) is 6.37. The second-order valence-electron chi connectivity index (χ2n) is 6.37. The number of carboxylic acids is 3. The van der Waals surface area contributed by atoms with Crippen LogP contribution in [-0.2, 0) is 14.4 Å². The van der Waals surface area contributed by atoms with E-state index >= 15 is 0 Å². The van der Waals surface area contributed by atoms with Crippen LogP contribution in [0.3, 0.4) is 0 Å². The minimum atomic E-state index is -1.51. The van der Waals surface area contributed by atoms with E-state index in [4.69, 9.17) is 10.2 Å². The topological polar surface area (TPSA) is 115 Å². The normalized spacial score (nSPS) is 10.7. The minimum absolute atomic E-state index is 0. The molecular formula is C22H35NaO6. The Labute approximate surface area is 197 Å². The zero-order chi connectivity index (χ0) is 21.5. The number of hydrogen-bond donors (Lipinski definition) is 2. The number of unbranched alkanes of at least 4 members (excludes halogenated alkanes) is 8. The van der Waals surface area contributed by atoms with Crippen molar-refractivity contribution in [3.05, 3.63) is 36.5 Å². The Morgan fingerprint density at radius 2 is 1.28 bits per heavy atom. The molecule has 0 aromatic rings. The number of carbonyl (C=O) groups is 3. The molecule has 6 nitrogen and oxygen atoms in total. The predicted molar refractivity (Wildman–Crippen MR) is 109 cm³/mol. The van der Waals surface area contributed by atoms with Crippen molar-refractivity contribution < 1.29 is 59.3 Å². The van der Waals surface area contributed by atoms with Crippen LogP contribution in [0.5, 0.6) is 0 Å². The molecule has 0 aromatic heterocycles. The van der Waals surface area contributed by atoms with Crippen LogP contribution in [-0.4, -0.2) is 28.1 Å². The molecule has 0 saturated heterocycles. The summed E-state index contributed by atoms with van der Waals surface area (Å²) in [6, 6.07) is 0. The van der Waals surface area contributed by atoms with E-state index < -0.39 is 17.9 Å². The summed E-state index contributed by atoms with van der Waals surface area (Å²) in [4.78, 5) is 29.3. The van der Waals surface area contributed by atoms with Gasteiger partial charge < -0.3 is 20.1 Å². The van der Waals surface area contributed by atoms with E-state index in [0.717, 1.165) is 25.7 Å². The van der Waals surface area contributed by atoms with Crippen LogP contribution in [0, 0.1) is 0 Å². The van der Waals surface area contributed by atoms with Gasteiger partial charge in [-0.3, -0.25) is 4.79 Å². The molecule has 2 N–H and O–H groups in total. The van der Waals surface area contributed by atoms with E-state index in [1.807, 2.05) is 0 Å². The van der Waals surface area contributed by atoms with Crippen molar-refractivity contribution in [2.45, 2.75) is 84.0 Å². The van der Waals surface area contributed by atoms with Crippen molar-refractivity contribution in [1.82, 2.24) is 0 Å². The second kappa shape index (κ2) is 26.6. The van der Waals surface area contributed by atoms with Crippen molar-refractivity contribution in [2.75, 3.05) is 0 Å². The number of allylic oxidation sites excluding steroid dienone is 4. The zero-order valence-electron chi connectivity index (χ0n) is 18.0. The van der Waals surface area contributed by atoms with Gasteiger partial charge in [-0.15, -0.1) is 0 Å². The van der Waals surface area contributed by atoms with Crippen LogP contribution in [0.25, 0.3) is 0 Å². The standard InChI is InChI=1S/C18H32O2.C4H4O4.Na/c1-2-3-4-5-6-7-8-9-10-11-12-13-14-15-16-17-18(19)20;5-3(6)1-2-4(7)8;/h6-7,9-10H,2-5,8,11-17H2,1H3,(H,19,20);1-2H,(H,5,6)(H,7,8);/q;;+1/p-1/b7-6-,10-9-;2-1+;. The Kier molecular flexibility index (Phi) is 29.7. The van der Waals surface area contributed by atoms with Crippen LogP contribution in [0.4, 0.5) is 0 Å². The van der Waals surface area contributed by atoms with E-state index in [9.17, 15) is 19.5 Å². The molecule has 0 amide bonds. The summed E-state index contributed by atoms with van der Waals surface area (Å²) in [6.45, 7) is 2.23. The number of carbonyl (C=O) groups excluding carboxylic acids is 1. The first-order chi connectivity index (χ1) is 13.4. The van der Waals surface area contributed by atoms with Gasteiger partial charge in [0.25, 0.3) is 0 Å². The third-order valence-electron chi connectivity index (χ3n) is 3.70. The maximum atomic E-state index is 10.3. The SMILES string of the molecule is CCCCC/C=C\C/C=C\CCCCCCCC(=O)O.O=C([O-])/C=C/C(=O)O.[Na+]. The van der Waals surface area contributed by atoms with Crippen LogP contribution in [0.15, 0.2) is 36.5 Å². The smallest absolute Gasteiger partial charge is 0.545 e. The number of rotatable bonds is 16. The first-order valence-corrected chi connectivity index (χ1v) is 10.0. The van der Waals surface area contributed by atoms with Gasteiger partial charge >= 0.3 is 41.5 Å². The van der Waals surface area contributed by atoms with E-state index in [1.165, 1.54) is 44.9 Å². The average molecular weight is 419 g/mol. The molecule has 0 aliphatic heterocycles. The van der Waals surface area contributed by atoms with Crippen LogP contribution < -0.4 is 34.7 Å². The summed E-state index contributed by atoms with van der Waals surface area (Å²) in [6.07, 6.45) is 23.2. The number of carboxylic acid groups (broad SMARTS) is 3. The molecule has 0 heterocycles. The third-order valence-corrected chi connectivity index (χ3v) is 3.70. The largest absolute Gasteiger partial charge is 1.00 e. The van der Waals surface area contributed by atoms with Crippen molar-refractivity contribution in [2.24, 2.45) is 0 Å². The number of hydrogen-bond acceptors (Lipinski definition) is 4. The van der Waals surface area contributed by atoms with Gasteiger partial charge in [0, 0.05) is 12.5 Å². The molecule has 0 unspecified atom stereocenters. The zero-order valence-corrected chi connectivity index (χ0v) is 20.0. The summed E-state index contributed by atoms with van der Waals surface area (Å²) in [5, 5.41) is 25.7. The fourth-order valence-corrected chi connectivity index (χ4v) is 2.23.